The number of carbonyl (C=O) groups is 1. The van der Waals surface area contributed by atoms with Gasteiger partial charge in [-0.2, -0.15) is 0 Å². The predicted octanol–water partition coefficient (Wildman–Crippen LogP) is 2.99. The van der Waals surface area contributed by atoms with Crippen LogP contribution in [0.2, 0.25) is 0 Å². The third-order valence-corrected chi connectivity index (χ3v) is 5.44. The van der Waals surface area contributed by atoms with E-state index in [-0.39, 0.29) is 5.91 Å². The van der Waals surface area contributed by atoms with Gasteiger partial charge < -0.3 is 10.2 Å². The van der Waals surface area contributed by atoms with Crippen molar-refractivity contribution in [2.45, 2.75) is 32.1 Å². The van der Waals surface area contributed by atoms with Gasteiger partial charge in [0.2, 0.25) is 5.91 Å². The van der Waals surface area contributed by atoms with E-state index < -0.39 is 0 Å². The van der Waals surface area contributed by atoms with Crippen molar-refractivity contribution in [1.82, 2.24) is 14.9 Å². The Balaban J connectivity index is 1.51. The summed E-state index contributed by atoms with van der Waals surface area (Å²) >= 11 is 1.66. The molecule has 0 saturated carbocycles. The van der Waals surface area contributed by atoms with Crippen LogP contribution in [0, 0.1) is 5.92 Å². The second-order valence-corrected chi connectivity index (χ2v) is 7.31. The van der Waals surface area contributed by atoms with Gasteiger partial charge >= 0.3 is 0 Å². The molecule has 0 aliphatic carbocycles. The highest BCUT2D eigenvalue weighted by Crippen LogP contribution is 2.22. The summed E-state index contributed by atoms with van der Waals surface area (Å²) in [6, 6.07) is 4.04. The predicted molar refractivity (Wildman–Crippen MR) is 97.2 cm³/mol. The van der Waals surface area contributed by atoms with E-state index in [0.717, 1.165) is 55.2 Å². The molecule has 1 N–H and O–H groups in total. The largest absolute Gasteiger partial charge is 0.372 e. The summed E-state index contributed by atoms with van der Waals surface area (Å²) in [4.78, 5) is 24.5. The highest BCUT2D eigenvalue weighted by molar-refractivity contribution is 7.10. The Hall–Kier alpha value is -1.95. The number of amides is 1. The molecule has 0 radical (unpaired) electrons. The fraction of sp³-hybridized carbons (Fsp3) is 0.500. The molecule has 6 heteroatoms. The van der Waals surface area contributed by atoms with Crippen LogP contribution in [-0.4, -0.2) is 40.9 Å². The zero-order valence-corrected chi connectivity index (χ0v) is 14.9. The van der Waals surface area contributed by atoms with E-state index in [1.54, 1.807) is 17.5 Å². The van der Waals surface area contributed by atoms with Crippen LogP contribution in [0.15, 0.2) is 29.9 Å². The fourth-order valence-electron chi connectivity index (χ4n) is 3.18. The van der Waals surface area contributed by atoms with Gasteiger partial charge in [-0.25, -0.2) is 4.98 Å². The first-order chi connectivity index (χ1) is 11.7. The average Bonchev–Trinajstić information content (AvgIpc) is 3.00. The molecule has 0 unspecified atom stereocenters. The number of carbonyl (C=O) groups excluding carboxylic acids is 1. The van der Waals surface area contributed by atoms with Crippen molar-refractivity contribution >= 4 is 23.1 Å². The topological polar surface area (TPSA) is 58.1 Å². The highest BCUT2D eigenvalue weighted by Gasteiger charge is 2.21. The third kappa shape index (κ3) is 4.54. The minimum absolute atomic E-state index is 0.260. The first kappa shape index (κ1) is 16.9. The molecule has 1 fully saturated rings. The van der Waals surface area contributed by atoms with E-state index in [4.69, 9.17) is 0 Å². The van der Waals surface area contributed by atoms with Crippen LogP contribution in [-0.2, 0) is 17.6 Å². The van der Waals surface area contributed by atoms with Crippen LogP contribution in [0.4, 0.5) is 5.82 Å². The van der Waals surface area contributed by atoms with Gasteiger partial charge in [-0.05, 0) is 43.0 Å². The number of thiophene rings is 1. The molecule has 1 aliphatic heterocycles. The van der Waals surface area contributed by atoms with Crippen LogP contribution < -0.4 is 5.32 Å². The second kappa shape index (κ2) is 8.24. The molecular formula is C18H24N4OS. The first-order valence-corrected chi connectivity index (χ1v) is 9.41. The van der Waals surface area contributed by atoms with Crippen molar-refractivity contribution in [3.05, 3.63) is 40.5 Å². The molecule has 1 saturated heterocycles. The minimum Gasteiger partial charge on any atom is -0.372 e. The van der Waals surface area contributed by atoms with Gasteiger partial charge in [-0.15, -0.1) is 11.3 Å². The van der Waals surface area contributed by atoms with Gasteiger partial charge in [-0.3, -0.25) is 9.78 Å². The number of likely N-dealkylation sites (tertiary alicyclic amines) is 1. The molecule has 1 atom stereocenters. The van der Waals surface area contributed by atoms with Crippen LogP contribution in [0.25, 0.3) is 0 Å². The maximum Gasteiger partial charge on any atom is 0.227 e. The van der Waals surface area contributed by atoms with Crippen LogP contribution >= 0.6 is 11.3 Å². The van der Waals surface area contributed by atoms with E-state index in [1.165, 1.54) is 0 Å². The summed E-state index contributed by atoms with van der Waals surface area (Å²) in [5.74, 6) is 1.64. The molecule has 0 aromatic carbocycles. The molecule has 3 heterocycles. The lowest BCUT2D eigenvalue weighted by molar-refractivity contribution is -0.130. The molecule has 5 nitrogen and oxygen atoms in total. The Morgan fingerprint density at radius 3 is 2.96 bits per heavy atom. The summed E-state index contributed by atoms with van der Waals surface area (Å²) in [7, 11) is 1.84. The highest BCUT2D eigenvalue weighted by atomic mass is 32.1. The Bertz CT molecular complexity index is 642. The molecule has 0 bridgehead atoms. The number of nitrogens with zero attached hydrogens (tertiary/aromatic N) is 3. The molecule has 0 spiro atoms. The van der Waals surface area contributed by atoms with Crippen molar-refractivity contribution in [1.29, 1.82) is 0 Å². The molecule has 2 aromatic rings. The van der Waals surface area contributed by atoms with Gasteiger partial charge in [-0.1, -0.05) is 6.07 Å². The van der Waals surface area contributed by atoms with Gasteiger partial charge in [0.05, 0.1) is 24.5 Å². The SMILES string of the molecule is CNc1cnc(C[C@H]2CCCN(C(=O)Cc3cccs3)CC2)cn1. The Labute approximate surface area is 147 Å². The maximum atomic E-state index is 12.5. The van der Waals surface area contributed by atoms with Crippen LogP contribution in [0.5, 0.6) is 0 Å². The maximum absolute atomic E-state index is 12.5. The molecule has 128 valence electrons. The van der Waals surface area contributed by atoms with E-state index >= 15 is 0 Å². The van der Waals surface area contributed by atoms with Crippen LogP contribution in [0.1, 0.15) is 29.8 Å². The Kier molecular flexibility index (Phi) is 5.80. The van der Waals surface area contributed by atoms with Gasteiger partial charge in [0.25, 0.3) is 0 Å². The molecule has 24 heavy (non-hydrogen) atoms. The smallest absolute Gasteiger partial charge is 0.227 e. The number of aromatic nitrogens is 2. The molecule has 3 rings (SSSR count). The van der Waals surface area contributed by atoms with Crippen molar-refractivity contribution in [3.63, 3.8) is 0 Å². The number of nitrogens with one attached hydrogen (secondary N) is 1. The second-order valence-electron chi connectivity index (χ2n) is 6.28. The molecule has 1 aliphatic rings. The standard InChI is InChI=1S/C18H24N4OS/c1-19-17-13-20-15(12-21-17)10-14-4-2-7-22(8-6-14)18(23)11-16-5-3-9-24-16/h3,5,9,12-14H,2,4,6-8,10-11H2,1H3,(H,19,21)/t14-/m0/s1. The van der Waals surface area contributed by atoms with Crippen LogP contribution in [0.3, 0.4) is 0 Å². The monoisotopic (exact) mass is 344 g/mol. The van der Waals surface area contributed by atoms with Gasteiger partial charge in [0.15, 0.2) is 0 Å². The summed E-state index contributed by atoms with van der Waals surface area (Å²) in [5.41, 5.74) is 1.04. The molecule has 2 aromatic heterocycles. The van der Waals surface area contributed by atoms with E-state index in [1.807, 2.05) is 35.7 Å². The number of anilines is 1. The van der Waals surface area contributed by atoms with Gasteiger partial charge in [0.1, 0.15) is 5.82 Å². The lowest BCUT2D eigenvalue weighted by atomic mass is 9.95. The summed E-state index contributed by atoms with van der Waals surface area (Å²) in [6.45, 7) is 1.74. The van der Waals surface area contributed by atoms with E-state index in [2.05, 4.69) is 15.3 Å². The zero-order chi connectivity index (χ0) is 16.8. The van der Waals surface area contributed by atoms with E-state index in [9.17, 15) is 4.79 Å². The quantitative estimate of drug-likeness (QED) is 0.906. The lowest BCUT2D eigenvalue weighted by Crippen LogP contribution is -2.33. The van der Waals surface area contributed by atoms with Crippen molar-refractivity contribution in [3.8, 4) is 0 Å². The molecular weight excluding hydrogens is 320 g/mol. The van der Waals surface area contributed by atoms with Crippen molar-refractivity contribution in [2.24, 2.45) is 5.92 Å². The molecule has 1 amide bonds. The van der Waals surface area contributed by atoms with Crippen molar-refractivity contribution in [2.75, 3.05) is 25.5 Å². The normalized spacial score (nSPS) is 18.2. The first-order valence-electron chi connectivity index (χ1n) is 8.53. The Morgan fingerprint density at radius 1 is 1.33 bits per heavy atom. The fourth-order valence-corrected chi connectivity index (χ4v) is 3.87. The summed E-state index contributed by atoms with van der Waals surface area (Å²) in [6.07, 6.45) is 8.40. The third-order valence-electron chi connectivity index (χ3n) is 4.57. The summed E-state index contributed by atoms with van der Waals surface area (Å²) in [5, 5.41) is 5.02. The van der Waals surface area contributed by atoms with Gasteiger partial charge in [0, 0.05) is 25.0 Å². The summed E-state index contributed by atoms with van der Waals surface area (Å²) < 4.78 is 0. The number of hydrogen-bond acceptors (Lipinski definition) is 5. The zero-order valence-electron chi connectivity index (χ0n) is 14.1. The number of rotatable bonds is 5. The lowest BCUT2D eigenvalue weighted by Gasteiger charge is -2.20. The Morgan fingerprint density at radius 2 is 2.25 bits per heavy atom. The minimum atomic E-state index is 0.260. The average molecular weight is 344 g/mol. The number of hydrogen-bond donors (Lipinski definition) is 1. The van der Waals surface area contributed by atoms with Crippen molar-refractivity contribution < 1.29 is 4.79 Å². The van der Waals surface area contributed by atoms with E-state index in [0.29, 0.717) is 12.3 Å².